The van der Waals surface area contributed by atoms with E-state index in [0.717, 1.165) is 0 Å². The molecule has 12 heteroatoms. The number of methoxy groups -OCH3 is 1. The first-order valence-corrected chi connectivity index (χ1v) is 10.5. The van der Waals surface area contributed by atoms with Gasteiger partial charge in [-0.3, -0.25) is 0 Å². The van der Waals surface area contributed by atoms with Crippen molar-refractivity contribution in [3.05, 3.63) is 17.8 Å². The fourth-order valence-corrected chi connectivity index (χ4v) is 3.80. The van der Waals surface area contributed by atoms with Gasteiger partial charge in [-0.05, 0) is 13.0 Å². The molecule has 174 valence electrons. The van der Waals surface area contributed by atoms with Crippen LogP contribution in [0.15, 0.2) is 12.3 Å². The van der Waals surface area contributed by atoms with Gasteiger partial charge in [0.25, 0.3) is 6.43 Å². The van der Waals surface area contributed by atoms with Crippen LogP contribution in [0.5, 0.6) is 0 Å². The minimum absolute atomic E-state index is 0.0486. The van der Waals surface area contributed by atoms with Crippen LogP contribution in [0.25, 0.3) is 11.4 Å². The van der Waals surface area contributed by atoms with Crippen LogP contribution in [-0.4, -0.2) is 85.3 Å². The van der Waals surface area contributed by atoms with Gasteiger partial charge < -0.3 is 29.7 Å². The Kier molecular flexibility index (Phi) is 6.92. The van der Waals surface area contributed by atoms with Crippen molar-refractivity contribution in [2.75, 3.05) is 68.8 Å². The lowest BCUT2D eigenvalue weighted by atomic mass is 10.2. The van der Waals surface area contributed by atoms with Crippen molar-refractivity contribution >= 4 is 17.7 Å². The highest BCUT2D eigenvalue weighted by Gasteiger charge is 2.29. The number of nitrogens with zero attached hydrogens (tertiary/aromatic N) is 6. The number of ether oxygens (including phenoxy) is 3. The number of hydrogen-bond donors (Lipinski definition) is 1. The number of anilines is 3. The highest BCUT2D eigenvalue weighted by atomic mass is 19.3. The molecule has 0 aliphatic carbocycles. The third-order valence-electron chi connectivity index (χ3n) is 5.52. The number of pyridine rings is 1. The molecular formula is C20H27F2N7O3. The Morgan fingerprint density at radius 1 is 1.12 bits per heavy atom. The second kappa shape index (κ2) is 9.84. The Bertz CT molecular complexity index is 934. The van der Waals surface area contributed by atoms with Crippen LogP contribution in [0.2, 0.25) is 0 Å². The molecule has 2 aliphatic heterocycles. The van der Waals surface area contributed by atoms with Gasteiger partial charge in [-0.25, -0.2) is 13.8 Å². The molecule has 0 unspecified atom stereocenters. The predicted octanol–water partition coefficient (Wildman–Crippen LogP) is 1.53. The molecule has 10 nitrogen and oxygen atoms in total. The Morgan fingerprint density at radius 2 is 1.81 bits per heavy atom. The van der Waals surface area contributed by atoms with E-state index < -0.39 is 6.43 Å². The maximum absolute atomic E-state index is 13.4. The van der Waals surface area contributed by atoms with Crippen LogP contribution < -0.4 is 15.5 Å². The quantitative estimate of drug-likeness (QED) is 0.694. The standard InChI is InChI=1S/C20H27F2N7O3/c1-12-9-31-5-3-28(12)19-25-18(13-7-15(16(21)22)17(23)24-8-13)26-20(27-19)29-4-6-32-11-14(29)10-30-2/h7-8,12,14,16H,3-6,9-11H2,1-2H3,(H2,23,24)/t12-,14-/m1/s1. The molecule has 0 saturated carbocycles. The van der Waals surface area contributed by atoms with Crippen LogP contribution in [-0.2, 0) is 14.2 Å². The molecule has 0 bridgehead atoms. The predicted molar refractivity (Wildman–Crippen MR) is 114 cm³/mol. The molecule has 32 heavy (non-hydrogen) atoms. The molecule has 2 aliphatic rings. The summed E-state index contributed by atoms with van der Waals surface area (Å²) in [6.07, 6.45) is -1.36. The Labute approximate surface area is 184 Å². The van der Waals surface area contributed by atoms with Gasteiger partial charge in [-0.2, -0.15) is 15.0 Å². The highest BCUT2D eigenvalue weighted by Crippen LogP contribution is 2.30. The average Bonchev–Trinajstić information content (AvgIpc) is 2.80. The molecule has 2 saturated heterocycles. The Balaban J connectivity index is 1.80. The number of rotatable bonds is 6. The maximum atomic E-state index is 13.4. The van der Waals surface area contributed by atoms with E-state index in [9.17, 15) is 8.78 Å². The normalized spacial score (nSPS) is 21.9. The summed E-state index contributed by atoms with van der Waals surface area (Å²) in [5.74, 6) is 0.928. The van der Waals surface area contributed by atoms with Crippen LogP contribution in [0.3, 0.4) is 0 Å². The SMILES string of the molecule is COC[C@@H]1COCCN1c1nc(-c2cnc(N)c(C(F)F)c2)nc(N2CCOC[C@H]2C)n1. The number of nitrogens with two attached hydrogens (primary N) is 1. The number of nitrogen functional groups attached to an aromatic ring is 1. The van der Waals surface area contributed by atoms with Crippen molar-refractivity contribution in [2.24, 2.45) is 0 Å². The van der Waals surface area contributed by atoms with Gasteiger partial charge in [0.1, 0.15) is 5.82 Å². The smallest absolute Gasteiger partial charge is 0.267 e. The zero-order valence-corrected chi connectivity index (χ0v) is 18.1. The molecule has 0 radical (unpaired) electrons. The number of hydrogen-bond acceptors (Lipinski definition) is 10. The van der Waals surface area contributed by atoms with Gasteiger partial charge in [0.05, 0.1) is 50.7 Å². The maximum Gasteiger partial charge on any atom is 0.267 e. The van der Waals surface area contributed by atoms with E-state index in [1.165, 1.54) is 12.3 Å². The van der Waals surface area contributed by atoms with E-state index in [1.54, 1.807) is 7.11 Å². The molecule has 2 aromatic rings. The average molecular weight is 451 g/mol. The lowest BCUT2D eigenvalue weighted by Gasteiger charge is -2.37. The largest absolute Gasteiger partial charge is 0.383 e. The van der Waals surface area contributed by atoms with Crippen LogP contribution in [0.1, 0.15) is 18.9 Å². The van der Waals surface area contributed by atoms with Crippen LogP contribution >= 0.6 is 0 Å². The van der Waals surface area contributed by atoms with E-state index in [-0.39, 0.29) is 29.3 Å². The van der Waals surface area contributed by atoms with Crippen LogP contribution in [0, 0.1) is 0 Å². The molecule has 0 aromatic carbocycles. The summed E-state index contributed by atoms with van der Waals surface area (Å²) in [6.45, 7) is 5.70. The minimum atomic E-state index is -2.76. The highest BCUT2D eigenvalue weighted by molar-refractivity contribution is 5.61. The fourth-order valence-electron chi connectivity index (χ4n) is 3.80. The summed E-state index contributed by atoms with van der Waals surface area (Å²) < 4.78 is 43.3. The Hall–Kier alpha value is -2.70. The Morgan fingerprint density at radius 3 is 2.50 bits per heavy atom. The van der Waals surface area contributed by atoms with Crippen molar-refractivity contribution in [3.63, 3.8) is 0 Å². The summed E-state index contributed by atoms with van der Waals surface area (Å²) in [7, 11) is 1.62. The van der Waals surface area contributed by atoms with E-state index >= 15 is 0 Å². The van der Waals surface area contributed by atoms with Gasteiger partial charge in [-0.1, -0.05) is 0 Å². The summed E-state index contributed by atoms with van der Waals surface area (Å²) >= 11 is 0. The van der Waals surface area contributed by atoms with Gasteiger partial charge in [0.15, 0.2) is 5.82 Å². The fraction of sp³-hybridized carbons (Fsp3) is 0.600. The summed E-state index contributed by atoms with van der Waals surface area (Å²) in [5, 5.41) is 0. The van der Waals surface area contributed by atoms with Crippen molar-refractivity contribution < 1.29 is 23.0 Å². The molecule has 2 fully saturated rings. The van der Waals surface area contributed by atoms with E-state index in [1.807, 2.05) is 16.7 Å². The van der Waals surface area contributed by atoms with Crippen LogP contribution in [0.4, 0.5) is 26.5 Å². The van der Waals surface area contributed by atoms with Crippen molar-refractivity contribution in [3.8, 4) is 11.4 Å². The zero-order valence-electron chi connectivity index (χ0n) is 18.1. The first-order chi connectivity index (χ1) is 15.5. The van der Waals surface area contributed by atoms with E-state index in [2.05, 4.69) is 15.0 Å². The minimum Gasteiger partial charge on any atom is -0.383 e. The molecule has 2 aromatic heterocycles. The lowest BCUT2D eigenvalue weighted by molar-refractivity contribution is 0.0593. The first kappa shape index (κ1) is 22.5. The van der Waals surface area contributed by atoms with Crippen molar-refractivity contribution in [1.82, 2.24) is 19.9 Å². The molecular weight excluding hydrogens is 424 g/mol. The summed E-state index contributed by atoms with van der Waals surface area (Å²) in [6, 6.07) is 1.25. The summed E-state index contributed by atoms with van der Waals surface area (Å²) in [5.41, 5.74) is 5.62. The molecule has 4 rings (SSSR count). The molecule has 2 N–H and O–H groups in total. The second-order valence-corrected chi connectivity index (χ2v) is 7.75. The lowest BCUT2D eigenvalue weighted by Crippen LogP contribution is -2.49. The second-order valence-electron chi connectivity index (χ2n) is 7.75. The number of halogens is 2. The topological polar surface area (TPSA) is 112 Å². The van der Waals surface area contributed by atoms with Gasteiger partial charge in [-0.15, -0.1) is 0 Å². The summed E-state index contributed by atoms with van der Waals surface area (Å²) in [4.78, 5) is 21.9. The molecule has 0 amide bonds. The number of aromatic nitrogens is 4. The number of alkyl halides is 2. The van der Waals surface area contributed by atoms with Crippen molar-refractivity contribution in [1.29, 1.82) is 0 Å². The van der Waals surface area contributed by atoms with Gasteiger partial charge in [0.2, 0.25) is 11.9 Å². The van der Waals surface area contributed by atoms with Gasteiger partial charge >= 0.3 is 0 Å². The van der Waals surface area contributed by atoms with E-state index in [4.69, 9.17) is 24.9 Å². The third kappa shape index (κ3) is 4.71. The van der Waals surface area contributed by atoms with Crippen molar-refractivity contribution in [2.45, 2.75) is 25.4 Å². The molecule has 2 atom stereocenters. The third-order valence-corrected chi connectivity index (χ3v) is 5.52. The molecule has 4 heterocycles. The monoisotopic (exact) mass is 451 g/mol. The number of morpholine rings is 2. The van der Waals surface area contributed by atoms with Gasteiger partial charge in [0, 0.05) is 32.0 Å². The zero-order chi connectivity index (χ0) is 22.7. The first-order valence-electron chi connectivity index (χ1n) is 10.5. The van der Waals surface area contributed by atoms with E-state index in [0.29, 0.717) is 63.6 Å². The molecule has 0 spiro atoms.